The molecule has 33 heavy (non-hydrogen) atoms. The van der Waals surface area contributed by atoms with Gasteiger partial charge in [0.05, 0.1) is 16.2 Å². The molecule has 2 aliphatic heterocycles. The van der Waals surface area contributed by atoms with Gasteiger partial charge < -0.3 is 10.2 Å². The largest absolute Gasteiger partial charge is 0.353 e. The molecule has 0 spiro atoms. The van der Waals surface area contributed by atoms with Crippen LogP contribution in [0.2, 0.25) is 0 Å². The predicted octanol–water partition coefficient (Wildman–Crippen LogP) is 3.57. The van der Waals surface area contributed by atoms with E-state index >= 15 is 0 Å². The minimum absolute atomic E-state index is 0.0113. The van der Waals surface area contributed by atoms with Gasteiger partial charge in [-0.1, -0.05) is 32.1 Å². The van der Waals surface area contributed by atoms with Crippen LogP contribution in [0.25, 0.3) is 0 Å². The van der Waals surface area contributed by atoms with Gasteiger partial charge in [-0.3, -0.25) is 9.59 Å². The molecule has 0 radical (unpaired) electrons. The Bertz CT molecular complexity index is 1010. The molecule has 1 aliphatic carbocycles. The molecule has 0 aromatic heterocycles. The van der Waals surface area contributed by atoms with Gasteiger partial charge in [-0.05, 0) is 63.3 Å². The fourth-order valence-corrected chi connectivity index (χ4v) is 7.11. The summed E-state index contributed by atoms with van der Waals surface area (Å²) in [4.78, 5) is 27.4. The van der Waals surface area contributed by atoms with Crippen LogP contribution < -0.4 is 10.2 Å². The topological polar surface area (TPSA) is 86.8 Å². The number of hydrogen-bond acceptors (Lipinski definition) is 4. The van der Waals surface area contributed by atoms with Gasteiger partial charge in [0.1, 0.15) is 0 Å². The van der Waals surface area contributed by atoms with Crippen molar-refractivity contribution < 1.29 is 18.0 Å². The minimum atomic E-state index is -3.76. The van der Waals surface area contributed by atoms with Crippen LogP contribution in [0.1, 0.15) is 77.2 Å². The maximum Gasteiger partial charge on any atom is 0.243 e. The number of fused-ring (bicyclic) bond motifs is 1. The molecule has 182 valence electrons. The van der Waals surface area contributed by atoms with E-state index < -0.39 is 15.4 Å². The molecular formula is C25H37N3O4S. The molecule has 4 rings (SSSR count). The van der Waals surface area contributed by atoms with E-state index in [-0.39, 0.29) is 35.2 Å². The lowest BCUT2D eigenvalue weighted by molar-refractivity contribution is -0.127. The molecule has 2 fully saturated rings. The second-order valence-corrected chi connectivity index (χ2v) is 12.4. The molecule has 1 aromatic carbocycles. The zero-order valence-electron chi connectivity index (χ0n) is 20.1. The molecular weight excluding hydrogens is 438 g/mol. The first-order valence-electron chi connectivity index (χ1n) is 12.4. The summed E-state index contributed by atoms with van der Waals surface area (Å²) in [7, 11) is -2.04. The molecule has 3 aliphatic rings. The Kier molecular flexibility index (Phi) is 6.87. The molecule has 0 bridgehead atoms. The van der Waals surface area contributed by atoms with E-state index in [9.17, 15) is 18.0 Å². The summed E-state index contributed by atoms with van der Waals surface area (Å²) < 4.78 is 28.4. The fraction of sp³-hybridized carbons (Fsp3) is 0.680. The lowest BCUT2D eigenvalue weighted by Crippen LogP contribution is -2.47. The number of amides is 2. The quantitative estimate of drug-likeness (QED) is 0.721. The molecule has 1 unspecified atom stereocenters. The number of anilines is 1. The number of carbonyl (C=O) groups is 2. The zero-order valence-corrected chi connectivity index (χ0v) is 20.9. The van der Waals surface area contributed by atoms with Gasteiger partial charge in [0, 0.05) is 31.9 Å². The summed E-state index contributed by atoms with van der Waals surface area (Å²) in [5.41, 5.74) is 0.711. The average Bonchev–Trinajstić information content (AvgIpc) is 2.95. The summed E-state index contributed by atoms with van der Waals surface area (Å²) >= 11 is 0. The summed E-state index contributed by atoms with van der Waals surface area (Å²) in [5, 5.41) is 3.22. The highest BCUT2D eigenvalue weighted by molar-refractivity contribution is 7.89. The highest BCUT2D eigenvalue weighted by Crippen LogP contribution is 2.42. The maximum absolute atomic E-state index is 13.5. The number of hydrogen-bond donors (Lipinski definition) is 1. The third-order valence-corrected chi connectivity index (χ3v) is 9.55. The van der Waals surface area contributed by atoms with Crippen molar-refractivity contribution in [2.75, 3.05) is 25.0 Å². The molecule has 1 saturated heterocycles. The van der Waals surface area contributed by atoms with E-state index in [0.29, 0.717) is 19.4 Å². The first-order chi connectivity index (χ1) is 15.6. The van der Waals surface area contributed by atoms with Gasteiger partial charge >= 0.3 is 0 Å². The van der Waals surface area contributed by atoms with Crippen LogP contribution >= 0.6 is 0 Å². The summed E-state index contributed by atoms with van der Waals surface area (Å²) in [6, 6.07) is 5.15. The van der Waals surface area contributed by atoms with E-state index in [1.54, 1.807) is 30.1 Å². The smallest absolute Gasteiger partial charge is 0.243 e. The van der Waals surface area contributed by atoms with E-state index in [4.69, 9.17) is 0 Å². The lowest BCUT2D eigenvalue weighted by Gasteiger charge is -2.32. The SMILES string of the molecule is CN1C(=O)C(C)(C)c2cc(S(=O)(=O)N3CCCC(C(=O)NC4CCCCCCC4)C3)ccc21. The number of piperidine rings is 1. The molecule has 1 atom stereocenters. The van der Waals surface area contributed by atoms with Gasteiger partial charge in [0.2, 0.25) is 21.8 Å². The normalized spacial score (nSPS) is 24.8. The van der Waals surface area contributed by atoms with Gasteiger partial charge in [-0.15, -0.1) is 0 Å². The van der Waals surface area contributed by atoms with Crippen molar-refractivity contribution in [2.45, 2.75) is 88.0 Å². The van der Waals surface area contributed by atoms with Crippen molar-refractivity contribution in [3.05, 3.63) is 23.8 Å². The minimum Gasteiger partial charge on any atom is -0.353 e. The van der Waals surface area contributed by atoms with Crippen LogP contribution in [-0.4, -0.2) is 50.7 Å². The highest BCUT2D eigenvalue weighted by atomic mass is 32.2. The number of likely N-dealkylation sites (N-methyl/N-ethyl adjacent to an activating group) is 1. The summed E-state index contributed by atoms with van der Waals surface area (Å²) in [6.45, 7) is 4.27. The molecule has 2 amide bonds. The highest BCUT2D eigenvalue weighted by Gasteiger charge is 2.43. The Morgan fingerprint density at radius 2 is 1.70 bits per heavy atom. The first-order valence-corrected chi connectivity index (χ1v) is 13.8. The summed E-state index contributed by atoms with van der Waals surface area (Å²) in [5.74, 6) is -0.378. The van der Waals surface area contributed by atoms with Crippen LogP contribution in [0.4, 0.5) is 5.69 Å². The molecule has 1 aromatic rings. The van der Waals surface area contributed by atoms with Crippen molar-refractivity contribution in [2.24, 2.45) is 5.92 Å². The van der Waals surface area contributed by atoms with Crippen molar-refractivity contribution in [1.82, 2.24) is 9.62 Å². The van der Waals surface area contributed by atoms with Crippen LogP contribution in [-0.2, 0) is 25.0 Å². The van der Waals surface area contributed by atoms with Crippen LogP contribution in [0, 0.1) is 5.92 Å². The van der Waals surface area contributed by atoms with E-state index in [2.05, 4.69) is 5.32 Å². The van der Waals surface area contributed by atoms with Crippen molar-refractivity contribution >= 4 is 27.5 Å². The number of nitrogens with one attached hydrogen (secondary N) is 1. The van der Waals surface area contributed by atoms with E-state index in [0.717, 1.165) is 36.9 Å². The number of rotatable bonds is 4. The van der Waals surface area contributed by atoms with Crippen LogP contribution in [0.5, 0.6) is 0 Å². The molecule has 7 nitrogen and oxygen atoms in total. The zero-order chi connectivity index (χ0) is 23.8. The summed E-state index contributed by atoms with van der Waals surface area (Å²) in [6.07, 6.45) is 9.41. The Morgan fingerprint density at radius 1 is 1.03 bits per heavy atom. The standard InChI is InChI=1S/C25H37N3O4S/c1-25(2)21-16-20(13-14-22(21)27(3)24(25)30)33(31,32)28-15-9-10-18(17-28)23(29)26-19-11-7-5-4-6-8-12-19/h13-14,16,18-19H,4-12,15,17H2,1-3H3,(H,26,29). The van der Waals surface area contributed by atoms with E-state index in [1.165, 1.54) is 23.6 Å². The molecule has 2 heterocycles. The second-order valence-electron chi connectivity index (χ2n) is 10.4. The van der Waals surface area contributed by atoms with Crippen molar-refractivity contribution in [3.8, 4) is 0 Å². The predicted molar refractivity (Wildman–Crippen MR) is 129 cm³/mol. The monoisotopic (exact) mass is 475 g/mol. The van der Waals surface area contributed by atoms with Gasteiger partial charge in [-0.2, -0.15) is 4.31 Å². The van der Waals surface area contributed by atoms with Crippen LogP contribution in [0.15, 0.2) is 23.1 Å². The third kappa shape index (κ3) is 4.69. The number of sulfonamides is 1. The van der Waals surface area contributed by atoms with Crippen molar-refractivity contribution in [3.63, 3.8) is 0 Å². The Hall–Kier alpha value is -1.93. The molecule has 1 N–H and O–H groups in total. The van der Waals surface area contributed by atoms with Gasteiger partial charge in [0.15, 0.2) is 0 Å². The number of carbonyl (C=O) groups excluding carboxylic acids is 2. The molecule has 8 heteroatoms. The second kappa shape index (κ2) is 9.37. The Labute approximate surface area is 198 Å². The van der Waals surface area contributed by atoms with Gasteiger partial charge in [0.25, 0.3) is 0 Å². The Balaban J connectivity index is 1.48. The average molecular weight is 476 g/mol. The van der Waals surface area contributed by atoms with Crippen molar-refractivity contribution in [1.29, 1.82) is 0 Å². The third-order valence-electron chi connectivity index (χ3n) is 7.69. The maximum atomic E-state index is 13.5. The van der Waals surface area contributed by atoms with Gasteiger partial charge in [-0.25, -0.2) is 8.42 Å². The molecule has 1 saturated carbocycles. The van der Waals surface area contributed by atoms with Crippen LogP contribution in [0.3, 0.4) is 0 Å². The Morgan fingerprint density at radius 3 is 2.39 bits per heavy atom. The number of nitrogens with zero attached hydrogens (tertiary/aromatic N) is 2. The first kappa shape index (κ1) is 24.2. The lowest BCUT2D eigenvalue weighted by atomic mass is 9.86. The number of benzene rings is 1. The van der Waals surface area contributed by atoms with E-state index in [1.807, 2.05) is 13.8 Å². The fourth-order valence-electron chi connectivity index (χ4n) is 5.56.